The van der Waals surface area contributed by atoms with E-state index in [0.29, 0.717) is 13.1 Å². The van der Waals surface area contributed by atoms with E-state index in [9.17, 15) is 9.59 Å². The van der Waals surface area contributed by atoms with Gasteiger partial charge in [0.1, 0.15) is 6.04 Å². The van der Waals surface area contributed by atoms with Crippen LogP contribution in [0.15, 0.2) is 54.7 Å². The van der Waals surface area contributed by atoms with Crippen molar-refractivity contribution in [3.63, 3.8) is 0 Å². The highest BCUT2D eigenvalue weighted by atomic mass is 16.2. The Balaban J connectivity index is 1.74. The highest BCUT2D eigenvalue weighted by molar-refractivity contribution is 5.86. The molecule has 2 aromatic rings. The molecule has 0 aliphatic carbocycles. The zero-order valence-electron chi connectivity index (χ0n) is 14.9. The van der Waals surface area contributed by atoms with Crippen LogP contribution < -0.4 is 10.6 Å². The molecule has 2 atom stereocenters. The number of hydrogen-bond acceptors (Lipinski definition) is 4. The first-order valence-electron chi connectivity index (χ1n) is 8.90. The van der Waals surface area contributed by atoms with Crippen molar-refractivity contribution in [1.82, 2.24) is 20.5 Å². The Morgan fingerprint density at radius 1 is 1.19 bits per heavy atom. The van der Waals surface area contributed by atoms with E-state index in [4.69, 9.17) is 0 Å². The van der Waals surface area contributed by atoms with Crippen molar-refractivity contribution in [2.24, 2.45) is 0 Å². The molecule has 6 nitrogen and oxygen atoms in total. The van der Waals surface area contributed by atoms with Crippen molar-refractivity contribution in [1.29, 1.82) is 0 Å². The van der Waals surface area contributed by atoms with Gasteiger partial charge in [-0.2, -0.15) is 0 Å². The first-order valence-corrected chi connectivity index (χ1v) is 8.90. The van der Waals surface area contributed by atoms with Gasteiger partial charge < -0.3 is 10.6 Å². The molecule has 1 aliphatic rings. The van der Waals surface area contributed by atoms with Crippen LogP contribution in [-0.4, -0.2) is 41.3 Å². The molecule has 2 unspecified atom stereocenters. The van der Waals surface area contributed by atoms with Gasteiger partial charge in [0.15, 0.2) is 0 Å². The Morgan fingerprint density at radius 2 is 1.96 bits per heavy atom. The van der Waals surface area contributed by atoms with Gasteiger partial charge in [-0.15, -0.1) is 0 Å². The normalized spacial score (nSPS) is 18.3. The molecule has 0 bridgehead atoms. The van der Waals surface area contributed by atoms with Crippen LogP contribution in [0.1, 0.15) is 30.1 Å². The second-order valence-corrected chi connectivity index (χ2v) is 6.36. The van der Waals surface area contributed by atoms with E-state index in [0.717, 1.165) is 24.1 Å². The monoisotopic (exact) mass is 352 g/mol. The number of nitrogens with zero attached hydrogens (tertiary/aromatic N) is 2. The first kappa shape index (κ1) is 18.1. The molecule has 6 heteroatoms. The average molecular weight is 352 g/mol. The van der Waals surface area contributed by atoms with Gasteiger partial charge in [-0.05, 0) is 30.5 Å². The van der Waals surface area contributed by atoms with Gasteiger partial charge >= 0.3 is 0 Å². The van der Waals surface area contributed by atoms with Crippen LogP contribution in [0.4, 0.5) is 0 Å². The van der Waals surface area contributed by atoms with Crippen molar-refractivity contribution in [3.05, 3.63) is 66.0 Å². The smallest absolute Gasteiger partial charge is 0.241 e. The molecule has 0 spiro atoms. The fourth-order valence-electron chi connectivity index (χ4n) is 3.44. The third kappa shape index (κ3) is 4.08. The van der Waals surface area contributed by atoms with Gasteiger partial charge in [0.25, 0.3) is 0 Å². The van der Waals surface area contributed by atoms with Crippen LogP contribution >= 0.6 is 0 Å². The summed E-state index contributed by atoms with van der Waals surface area (Å²) in [5.41, 5.74) is 1.72. The lowest BCUT2D eigenvalue weighted by Gasteiger charge is -2.31. The van der Waals surface area contributed by atoms with E-state index >= 15 is 0 Å². The maximum atomic E-state index is 12.8. The highest BCUT2D eigenvalue weighted by Crippen LogP contribution is 2.30. The predicted molar refractivity (Wildman–Crippen MR) is 99.1 cm³/mol. The highest BCUT2D eigenvalue weighted by Gasteiger charge is 2.38. The summed E-state index contributed by atoms with van der Waals surface area (Å²) in [5, 5.41) is 5.69. The first-order chi connectivity index (χ1) is 12.7. The molecular formula is C20H24N4O2. The van der Waals surface area contributed by atoms with E-state index in [1.165, 1.54) is 0 Å². The zero-order chi connectivity index (χ0) is 18.4. The molecule has 1 fully saturated rings. The number of carbonyl (C=O) groups is 2. The minimum absolute atomic E-state index is 0.0574. The zero-order valence-corrected chi connectivity index (χ0v) is 14.9. The maximum Gasteiger partial charge on any atom is 0.241 e. The summed E-state index contributed by atoms with van der Waals surface area (Å²) in [6, 6.07) is 14.5. The van der Waals surface area contributed by atoms with E-state index in [2.05, 4.69) is 15.6 Å². The molecule has 0 saturated carbocycles. The number of aromatic nitrogens is 1. The average Bonchev–Trinajstić information content (AvgIpc) is 3.17. The summed E-state index contributed by atoms with van der Waals surface area (Å²) in [5.74, 6) is -0.154. The molecule has 2 N–H and O–H groups in total. The number of pyridine rings is 1. The summed E-state index contributed by atoms with van der Waals surface area (Å²) in [4.78, 5) is 31.5. The molecule has 0 radical (unpaired) electrons. The third-order valence-electron chi connectivity index (χ3n) is 4.71. The molecule has 2 amide bonds. The number of carbonyl (C=O) groups excluding carboxylic acids is 2. The summed E-state index contributed by atoms with van der Waals surface area (Å²) in [6.07, 6.45) is 3.34. The fraction of sp³-hybridized carbons (Fsp3) is 0.350. The van der Waals surface area contributed by atoms with Gasteiger partial charge in [0.2, 0.25) is 11.8 Å². The molecule has 3 rings (SSSR count). The van der Waals surface area contributed by atoms with Gasteiger partial charge in [0, 0.05) is 19.8 Å². The van der Waals surface area contributed by atoms with Crippen LogP contribution in [0.2, 0.25) is 0 Å². The molecular weight excluding hydrogens is 328 g/mol. The maximum absolute atomic E-state index is 12.8. The number of rotatable bonds is 6. The van der Waals surface area contributed by atoms with Crippen molar-refractivity contribution >= 4 is 11.8 Å². The van der Waals surface area contributed by atoms with Crippen LogP contribution in [0.25, 0.3) is 0 Å². The van der Waals surface area contributed by atoms with Gasteiger partial charge in [-0.3, -0.25) is 19.5 Å². The summed E-state index contributed by atoms with van der Waals surface area (Å²) < 4.78 is 0. The fourth-order valence-corrected chi connectivity index (χ4v) is 3.44. The number of likely N-dealkylation sites (tertiary alicyclic amines) is 1. The van der Waals surface area contributed by atoms with Crippen molar-refractivity contribution in [3.8, 4) is 0 Å². The standard InChI is InChI=1S/C20H24N4O2/c1-21-20(26)18(15-8-3-2-4-9-15)24-13-7-11-17(24)19(25)23-14-16-10-5-6-12-22-16/h2-6,8-10,12,17-18H,7,11,13-14H2,1H3,(H,21,26)(H,23,25). The summed E-state index contributed by atoms with van der Waals surface area (Å²) >= 11 is 0. The Bertz CT molecular complexity index is 736. The Kier molecular flexibility index (Phi) is 5.96. The van der Waals surface area contributed by atoms with Crippen LogP contribution in [0, 0.1) is 0 Å². The number of likely N-dealkylation sites (N-methyl/N-ethyl adjacent to an activating group) is 1. The van der Waals surface area contributed by atoms with E-state index in [1.54, 1.807) is 13.2 Å². The molecule has 26 heavy (non-hydrogen) atoms. The minimum Gasteiger partial charge on any atom is -0.358 e. The Hall–Kier alpha value is -2.73. The van der Waals surface area contributed by atoms with Crippen LogP contribution in [0.5, 0.6) is 0 Å². The minimum atomic E-state index is -0.464. The Labute approximate surface area is 153 Å². The third-order valence-corrected chi connectivity index (χ3v) is 4.71. The topological polar surface area (TPSA) is 74.3 Å². The summed E-state index contributed by atoms with van der Waals surface area (Å²) in [6.45, 7) is 1.11. The van der Waals surface area contributed by atoms with Crippen molar-refractivity contribution in [2.75, 3.05) is 13.6 Å². The molecule has 2 heterocycles. The lowest BCUT2D eigenvalue weighted by Crippen LogP contribution is -2.48. The summed E-state index contributed by atoms with van der Waals surface area (Å²) in [7, 11) is 1.63. The van der Waals surface area contributed by atoms with E-state index in [-0.39, 0.29) is 17.9 Å². The van der Waals surface area contributed by atoms with Crippen molar-refractivity contribution in [2.45, 2.75) is 31.5 Å². The molecule has 1 aromatic heterocycles. The predicted octanol–water partition coefficient (Wildman–Crippen LogP) is 1.65. The lowest BCUT2D eigenvalue weighted by atomic mass is 10.0. The Morgan fingerprint density at radius 3 is 2.65 bits per heavy atom. The molecule has 1 aromatic carbocycles. The van der Waals surface area contributed by atoms with Gasteiger partial charge in [0.05, 0.1) is 18.3 Å². The van der Waals surface area contributed by atoms with Crippen molar-refractivity contribution < 1.29 is 9.59 Å². The number of nitrogens with one attached hydrogen (secondary N) is 2. The number of hydrogen-bond donors (Lipinski definition) is 2. The number of benzene rings is 1. The van der Waals surface area contributed by atoms with Gasteiger partial charge in [-0.1, -0.05) is 36.4 Å². The van der Waals surface area contributed by atoms with Gasteiger partial charge in [-0.25, -0.2) is 0 Å². The SMILES string of the molecule is CNC(=O)C(c1ccccc1)N1CCCC1C(=O)NCc1ccccn1. The lowest BCUT2D eigenvalue weighted by molar-refractivity contribution is -0.131. The van der Waals surface area contributed by atoms with Crippen LogP contribution in [-0.2, 0) is 16.1 Å². The van der Waals surface area contributed by atoms with E-state index in [1.807, 2.05) is 53.4 Å². The molecule has 1 saturated heterocycles. The quantitative estimate of drug-likeness (QED) is 0.829. The second kappa shape index (κ2) is 8.58. The molecule has 1 aliphatic heterocycles. The largest absolute Gasteiger partial charge is 0.358 e. The molecule has 136 valence electrons. The second-order valence-electron chi connectivity index (χ2n) is 6.36. The van der Waals surface area contributed by atoms with Crippen LogP contribution in [0.3, 0.4) is 0 Å². The van der Waals surface area contributed by atoms with E-state index < -0.39 is 6.04 Å². The number of amides is 2.